The maximum atomic E-state index is 14.2. The summed E-state index contributed by atoms with van der Waals surface area (Å²) in [7, 11) is -5.32. The lowest BCUT2D eigenvalue weighted by Crippen LogP contribution is -2.66. The summed E-state index contributed by atoms with van der Waals surface area (Å²) >= 11 is 0. The van der Waals surface area contributed by atoms with E-state index in [4.69, 9.17) is 5.73 Å². The number of amides is 1. The second kappa shape index (κ2) is 12.2. The second-order valence-electron chi connectivity index (χ2n) is 9.42. The highest BCUT2D eigenvalue weighted by Gasteiger charge is 2.54. The van der Waals surface area contributed by atoms with E-state index in [9.17, 15) is 45.9 Å². The molecule has 228 valence electrons. The van der Waals surface area contributed by atoms with Gasteiger partial charge in [-0.05, 0) is 29.8 Å². The molecule has 0 aliphatic rings. The van der Waals surface area contributed by atoms with Gasteiger partial charge in [-0.1, -0.05) is 60.7 Å². The standard InChI is InChI=1S/C29H23F3N4O7S/c30-28(31,32)24(38)22(17-18-7-3-1-4-8-18)35-27(41)29(33,44(42,43)21-13-11-20(12-14-21)26(39)40)36-23(37)15-16-34-25(36)19-9-5-2-6-10-19/h1-16,22H,17,33H2,(H,35,41)(H,39,40). The number of Topliss-reactive ketones (excluding diaryl/α,β-unsaturated/α-hetero) is 1. The number of nitrogens with zero attached hydrogens (tertiary/aromatic N) is 2. The van der Waals surface area contributed by atoms with Gasteiger partial charge in [-0.2, -0.15) is 13.2 Å². The quantitative estimate of drug-likeness (QED) is 0.238. The molecule has 1 aromatic heterocycles. The minimum Gasteiger partial charge on any atom is -0.478 e. The van der Waals surface area contributed by atoms with Crippen LogP contribution < -0.4 is 16.6 Å². The van der Waals surface area contributed by atoms with Gasteiger partial charge in [0.05, 0.1) is 10.5 Å². The number of carboxylic acids is 1. The largest absolute Gasteiger partial charge is 0.478 e. The highest BCUT2D eigenvalue weighted by Crippen LogP contribution is 2.30. The molecule has 11 nitrogen and oxygen atoms in total. The molecule has 44 heavy (non-hydrogen) atoms. The number of aromatic carboxylic acids is 1. The van der Waals surface area contributed by atoms with Crippen LogP contribution in [0.25, 0.3) is 11.4 Å². The van der Waals surface area contributed by atoms with Crippen molar-refractivity contribution >= 4 is 27.5 Å². The molecule has 2 unspecified atom stereocenters. The van der Waals surface area contributed by atoms with Crippen molar-refractivity contribution in [3.05, 3.63) is 119 Å². The lowest BCUT2D eigenvalue weighted by molar-refractivity contribution is -0.173. The second-order valence-corrected chi connectivity index (χ2v) is 11.5. The average molecular weight is 629 g/mol. The molecule has 0 saturated carbocycles. The van der Waals surface area contributed by atoms with Crippen LogP contribution in [-0.4, -0.2) is 53.0 Å². The zero-order chi connectivity index (χ0) is 32.3. The Morgan fingerprint density at radius 2 is 1.48 bits per heavy atom. The van der Waals surface area contributed by atoms with Gasteiger partial charge in [-0.25, -0.2) is 18.2 Å². The SMILES string of the molecule is NC(C(=O)NC(Cc1ccccc1)C(=O)C(F)(F)F)(n1c(-c2ccccc2)nccc1=O)S(=O)(=O)c1ccc(C(=O)O)cc1. The molecule has 0 fully saturated rings. The number of sulfone groups is 1. The van der Waals surface area contributed by atoms with E-state index in [-0.39, 0.29) is 16.7 Å². The lowest BCUT2D eigenvalue weighted by Gasteiger charge is -2.33. The molecule has 0 spiro atoms. The number of hydrogen-bond acceptors (Lipinski definition) is 8. The van der Waals surface area contributed by atoms with Crippen LogP contribution in [0.5, 0.6) is 0 Å². The fourth-order valence-corrected chi connectivity index (χ4v) is 5.91. The Balaban J connectivity index is 1.96. The van der Waals surface area contributed by atoms with Crippen molar-refractivity contribution in [1.29, 1.82) is 0 Å². The molecule has 4 rings (SSSR count). The molecule has 0 aliphatic carbocycles. The van der Waals surface area contributed by atoms with E-state index < -0.39 is 67.4 Å². The summed E-state index contributed by atoms with van der Waals surface area (Å²) in [4.78, 5) is 50.9. The number of aromatic nitrogens is 2. The molecule has 0 bridgehead atoms. The number of benzene rings is 3. The first-order valence-corrected chi connectivity index (χ1v) is 14.1. The molecule has 15 heteroatoms. The van der Waals surface area contributed by atoms with Crippen LogP contribution in [0.3, 0.4) is 0 Å². The fourth-order valence-electron chi connectivity index (χ4n) is 4.34. The van der Waals surface area contributed by atoms with Crippen molar-refractivity contribution in [3.63, 3.8) is 0 Å². The van der Waals surface area contributed by atoms with Gasteiger partial charge >= 0.3 is 12.1 Å². The van der Waals surface area contributed by atoms with Crippen molar-refractivity contribution in [2.24, 2.45) is 5.73 Å². The van der Waals surface area contributed by atoms with E-state index in [1.165, 1.54) is 48.5 Å². The predicted octanol–water partition coefficient (Wildman–Crippen LogP) is 2.51. The van der Waals surface area contributed by atoms with Crippen LogP contribution in [0.4, 0.5) is 13.2 Å². The van der Waals surface area contributed by atoms with E-state index in [1.807, 2.05) is 5.32 Å². The number of alkyl halides is 3. The number of nitrogens with two attached hydrogens (primary N) is 1. The van der Waals surface area contributed by atoms with Gasteiger partial charge in [0.1, 0.15) is 11.9 Å². The van der Waals surface area contributed by atoms with Gasteiger partial charge in [0.25, 0.3) is 22.2 Å². The molecule has 4 N–H and O–H groups in total. The molecular weight excluding hydrogens is 605 g/mol. The Hall–Kier alpha value is -5.15. The topological polar surface area (TPSA) is 179 Å². The first kappa shape index (κ1) is 31.8. The van der Waals surface area contributed by atoms with E-state index >= 15 is 0 Å². The lowest BCUT2D eigenvalue weighted by atomic mass is 10.0. The summed E-state index contributed by atoms with van der Waals surface area (Å²) in [5.41, 5.74) is 5.16. The predicted molar refractivity (Wildman–Crippen MR) is 150 cm³/mol. The Bertz CT molecular complexity index is 1870. The molecule has 4 aromatic rings. The third kappa shape index (κ3) is 6.14. The fraction of sp³-hybridized carbons (Fsp3) is 0.138. The van der Waals surface area contributed by atoms with Gasteiger partial charge in [0.2, 0.25) is 9.84 Å². The van der Waals surface area contributed by atoms with Crippen molar-refractivity contribution < 1.29 is 41.1 Å². The van der Waals surface area contributed by atoms with Crippen LogP contribution in [-0.2, 0) is 30.8 Å². The van der Waals surface area contributed by atoms with Crippen molar-refractivity contribution in [2.75, 3.05) is 0 Å². The van der Waals surface area contributed by atoms with Crippen molar-refractivity contribution in [1.82, 2.24) is 14.9 Å². The van der Waals surface area contributed by atoms with Gasteiger partial charge < -0.3 is 10.4 Å². The first-order chi connectivity index (χ1) is 20.7. The molecular formula is C29H23F3N4O7S. The molecule has 1 heterocycles. The highest BCUT2D eigenvalue weighted by atomic mass is 32.2. The van der Waals surface area contributed by atoms with Crippen LogP contribution >= 0.6 is 0 Å². The first-order valence-electron chi connectivity index (χ1n) is 12.6. The molecule has 0 aliphatic heterocycles. The Morgan fingerprint density at radius 3 is 2.02 bits per heavy atom. The summed E-state index contributed by atoms with van der Waals surface area (Å²) in [6, 6.07) is 16.6. The Labute approximate surface area is 247 Å². The highest BCUT2D eigenvalue weighted by molar-refractivity contribution is 7.92. The zero-order valence-electron chi connectivity index (χ0n) is 22.4. The zero-order valence-corrected chi connectivity index (χ0v) is 23.2. The smallest absolute Gasteiger partial charge is 0.452 e. The van der Waals surface area contributed by atoms with E-state index in [0.717, 1.165) is 36.5 Å². The summed E-state index contributed by atoms with van der Waals surface area (Å²) in [5.74, 6) is -6.11. The number of hydrogen-bond donors (Lipinski definition) is 3. The van der Waals surface area contributed by atoms with Gasteiger partial charge in [0, 0.05) is 24.2 Å². The minimum absolute atomic E-state index is 0.108. The summed E-state index contributed by atoms with van der Waals surface area (Å²) in [6.07, 6.45) is -5.14. The van der Waals surface area contributed by atoms with Crippen LogP contribution in [0.15, 0.2) is 107 Å². The third-order valence-corrected chi connectivity index (χ3v) is 8.62. The van der Waals surface area contributed by atoms with Crippen molar-refractivity contribution in [2.45, 2.75) is 28.5 Å². The molecule has 2 atom stereocenters. The number of halogens is 3. The van der Waals surface area contributed by atoms with E-state index in [2.05, 4.69) is 4.98 Å². The van der Waals surface area contributed by atoms with E-state index in [1.54, 1.807) is 12.1 Å². The maximum Gasteiger partial charge on any atom is 0.452 e. The normalized spacial score (nSPS) is 13.8. The molecule has 0 saturated heterocycles. The number of carboxylic acid groups (broad SMARTS) is 1. The van der Waals surface area contributed by atoms with Crippen LogP contribution in [0, 0.1) is 0 Å². The van der Waals surface area contributed by atoms with Crippen LogP contribution in [0.2, 0.25) is 0 Å². The number of carbonyl (C=O) groups is 3. The third-order valence-electron chi connectivity index (χ3n) is 6.54. The Morgan fingerprint density at radius 1 is 0.909 bits per heavy atom. The monoisotopic (exact) mass is 628 g/mol. The van der Waals surface area contributed by atoms with Crippen molar-refractivity contribution in [3.8, 4) is 11.4 Å². The van der Waals surface area contributed by atoms with E-state index in [0.29, 0.717) is 4.57 Å². The summed E-state index contributed by atoms with van der Waals surface area (Å²) in [6.45, 7) is 0. The number of rotatable bonds is 10. The average Bonchev–Trinajstić information content (AvgIpc) is 3.00. The number of carbonyl (C=O) groups excluding carboxylic acids is 2. The van der Waals surface area contributed by atoms with Gasteiger partial charge in [-0.3, -0.25) is 24.7 Å². The Kier molecular flexibility index (Phi) is 8.83. The number of nitrogens with one attached hydrogen (secondary N) is 1. The molecule has 0 radical (unpaired) electrons. The molecule has 3 aromatic carbocycles. The van der Waals surface area contributed by atoms with Gasteiger partial charge in [-0.15, -0.1) is 0 Å². The maximum absolute atomic E-state index is 14.2. The minimum atomic E-state index is -5.45. The summed E-state index contributed by atoms with van der Waals surface area (Å²) in [5, 5.41) is 11.1. The van der Waals surface area contributed by atoms with Gasteiger partial charge in [0.15, 0.2) is 0 Å². The summed E-state index contributed by atoms with van der Waals surface area (Å²) < 4.78 is 69.7. The number of ketones is 1. The molecule has 1 amide bonds. The van der Waals surface area contributed by atoms with Crippen LogP contribution in [0.1, 0.15) is 15.9 Å².